The Hall–Kier alpha value is -0.380. The van der Waals surface area contributed by atoms with E-state index in [4.69, 9.17) is 27.9 Å². The number of carbonyl (C=O) groups excluding carboxylic acids is 1. The number of alkyl halides is 2. The van der Waals surface area contributed by atoms with Crippen LogP contribution >= 0.6 is 35.0 Å². The lowest BCUT2D eigenvalue weighted by atomic mass is 10.4. The van der Waals surface area contributed by atoms with Crippen LogP contribution in [0.4, 0.5) is 0 Å². The highest BCUT2D eigenvalue weighted by molar-refractivity contribution is 8.04. The van der Waals surface area contributed by atoms with Gasteiger partial charge in [-0.2, -0.15) is 0 Å². The Morgan fingerprint density at radius 3 is 2.59 bits per heavy atom. The fourth-order valence-electron chi connectivity index (χ4n) is 1.07. The Morgan fingerprint density at radius 1 is 1.35 bits per heavy atom. The van der Waals surface area contributed by atoms with Crippen LogP contribution in [-0.2, 0) is 9.53 Å². The van der Waals surface area contributed by atoms with Gasteiger partial charge in [0.25, 0.3) is 3.67 Å². The summed E-state index contributed by atoms with van der Waals surface area (Å²) in [6, 6.07) is 9.27. The van der Waals surface area contributed by atoms with Gasteiger partial charge in [0.2, 0.25) is 0 Å². The average Bonchev–Trinajstić information content (AvgIpc) is 2.30. The number of hydrogen-bond donors (Lipinski definition) is 0. The fourth-order valence-corrected chi connectivity index (χ4v) is 2.45. The van der Waals surface area contributed by atoms with Crippen molar-refractivity contribution in [2.24, 2.45) is 0 Å². The molecule has 1 aromatic rings. The Balaban J connectivity index is 2.52. The number of benzene rings is 1. The standard InChI is InChI=1S/C12H14Cl2O2S/c1-2-3-9-16-11(15)12(13,14)17-10-7-5-4-6-8-10/h4-8H,2-3,9H2,1H3. The van der Waals surface area contributed by atoms with Crippen molar-refractivity contribution < 1.29 is 9.53 Å². The minimum atomic E-state index is -1.59. The van der Waals surface area contributed by atoms with Gasteiger partial charge in [0.05, 0.1) is 6.61 Å². The maximum atomic E-state index is 11.6. The highest BCUT2D eigenvalue weighted by Crippen LogP contribution is 2.41. The van der Waals surface area contributed by atoms with Gasteiger partial charge in [-0.3, -0.25) is 0 Å². The Labute approximate surface area is 116 Å². The van der Waals surface area contributed by atoms with E-state index in [2.05, 4.69) is 0 Å². The van der Waals surface area contributed by atoms with Crippen LogP contribution in [0.25, 0.3) is 0 Å². The number of carbonyl (C=O) groups is 1. The molecule has 0 saturated carbocycles. The molecule has 0 unspecified atom stereocenters. The Kier molecular flexibility index (Phi) is 6.17. The lowest BCUT2D eigenvalue weighted by Gasteiger charge is -2.17. The first-order chi connectivity index (χ1) is 8.06. The van der Waals surface area contributed by atoms with Crippen LogP contribution in [-0.4, -0.2) is 16.2 Å². The molecular formula is C12H14Cl2O2S. The van der Waals surface area contributed by atoms with Crippen molar-refractivity contribution in [3.8, 4) is 0 Å². The quantitative estimate of drug-likeness (QED) is 0.339. The molecule has 1 aromatic carbocycles. The van der Waals surface area contributed by atoms with E-state index in [1.165, 1.54) is 0 Å². The predicted molar refractivity (Wildman–Crippen MR) is 72.6 cm³/mol. The minimum absolute atomic E-state index is 0.353. The molecule has 1 rings (SSSR count). The molecule has 2 nitrogen and oxygen atoms in total. The normalized spacial score (nSPS) is 11.2. The predicted octanol–water partition coefficient (Wildman–Crippen LogP) is 4.25. The van der Waals surface area contributed by atoms with E-state index in [0.717, 1.165) is 29.5 Å². The van der Waals surface area contributed by atoms with Gasteiger partial charge in [-0.1, -0.05) is 66.5 Å². The first kappa shape index (κ1) is 14.7. The summed E-state index contributed by atoms with van der Waals surface area (Å²) < 4.78 is 3.41. The van der Waals surface area contributed by atoms with Crippen molar-refractivity contribution in [3.63, 3.8) is 0 Å². The third-order valence-electron chi connectivity index (χ3n) is 1.96. The van der Waals surface area contributed by atoms with E-state index in [1.54, 1.807) is 0 Å². The zero-order valence-electron chi connectivity index (χ0n) is 9.49. The second kappa shape index (κ2) is 7.14. The highest BCUT2D eigenvalue weighted by atomic mass is 35.5. The van der Waals surface area contributed by atoms with Crippen molar-refractivity contribution in [2.45, 2.75) is 28.3 Å². The van der Waals surface area contributed by atoms with Crippen LogP contribution in [0.2, 0.25) is 0 Å². The monoisotopic (exact) mass is 292 g/mol. The van der Waals surface area contributed by atoms with Crippen LogP contribution in [0.1, 0.15) is 19.8 Å². The molecule has 0 fully saturated rings. The van der Waals surface area contributed by atoms with Crippen molar-refractivity contribution in [3.05, 3.63) is 30.3 Å². The zero-order chi connectivity index (χ0) is 12.7. The third-order valence-corrected chi connectivity index (χ3v) is 3.66. The van der Waals surface area contributed by atoms with Gasteiger partial charge in [-0.25, -0.2) is 4.79 Å². The number of halogens is 2. The molecule has 94 valence electrons. The van der Waals surface area contributed by atoms with E-state index in [1.807, 2.05) is 37.3 Å². The molecule has 0 saturated heterocycles. The molecule has 0 aliphatic carbocycles. The van der Waals surface area contributed by atoms with Gasteiger partial charge >= 0.3 is 5.97 Å². The van der Waals surface area contributed by atoms with E-state index in [-0.39, 0.29) is 0 Å². The number of rotatable bonds is 6. The summed E-state index contributed by atoms with van der Waals surface area (Å²) in [6.45, 7) is 2.37. The fraction of sp³-hybridized carbons (Fsp3) is 0.417. The van der Waals surface area contributed by atoms with Gasteiger partial charge in [0, 0.05) is 4.90 Å². The molecule has 0 spiro atoms. The summed E-state index contributed by atoms with van der Waals surface area (Å²) in [5.41, 5.74) is 0. The zero-order valence-corrected chi connectivity index (χ0v) is 11.8. The molecule has 0 aromatic heterocycles. The van der Waals surface area contributed by atoms with Gasteiger partial charge < -0.3 is 4.74 Å². The molecule has 0 aliphatic heterocycles. The van der Waals surface area contributed by atoms with Crippen LogP contribution in [0, 0.1) is 0 Å². The van der Waals surface area contributed by atoms with Crippen LogP contribution in [0.15, 0.2) is 35.2 Å². The summed E-state index contributed by atoms with van der Waals surface area (Å²) in [4.78, 5) is 12.5. The largest absolute Gasteiger partial charge is 0.463 e. The topological polar surface area (TPSA) is 26.3 Å². The van der Waals surface area contributed by atoms with Gasteiger partial charge in [0.1, 0.15) is 0 Å². The van der Waals surface area contributed by atoms with Crippen molar-refractivity contribution >= 4 is 40.9 Å². The molecule has 0 bridgehead atoms. The second-order valence-electron chi connectivity index (χ2n) is 3.42. The lowest BCUT2D eigenvalue weighted by Crippen LogP contribution is -2.25. The number of ether oxygens (including phenoxy) is 1. The van der Waals surface area contributed by atoms with Crippen molar-refractivity contribution in [1.82, 2.24) is 0 Å². The van der Waals surface area contributed by atoms with Gasteiger partial charge in [-0.15, -0.1) is 0 Å². The maximum absolute atomic E-state index is 11.6. The van der Waals surface area contributed by atoms with E-state index in [9.17, 15) is 4.79 Å². The van der Waals surface area contributed by atoms with Crippen LogP contribution in [0.3, 0.4) is 0 Å². The van der Waals surface area contributed by atoms with E-state index in [0.29, 0.717) is 6.61 Å². The SMILES string of the molecule is CCCCOC(=O)C(Cl)(Cl)Sc1ccccc1. The summed E-state index contributed by atoms with van der Waals surface area (Å²) in [6.07, 6.45) is 1.77. The number of esters is 1. The smallest absolute Gasteiger partial charge is 0.353 e. The molecule has 17 heavy (non-hydrogen) atoms. The number of thioether (sulfide) groups is 1. The van der Waals surface area contributed by atoms with Crippen molar-refractivity contribution in [2.75, 3.05) is 6.61 Å². The molecule has 0 N–H and O–H groups in total. The Morgan fingerprint density at radius 2 is 2.00 bits per heavy atom. The molecule has 0 radical (unpaired) electrons. The number of hydrogen-bond acceptors (Lipinski definition) is 3. The van der Waals surface area contributed by atoms with E-state index >= 15 is 0 Å². The Bertz CT molecular complexity index is 355. The number of unbranched alkanes of at least 4 members (excludes halogenated alkanes) is 1. The molecule has 0 atom stereocenters. The summed E-state index contributed by atoms with van der Waals surface area (Å²) >= 11 is 13.0. The first-order valence-electron chi connectivity index (χ1n) is 5.35. The van der Waals surface area contributed by atoms with Crippen molar-refractivity contribution in [1.29, 1.82) is 0 Å². The molecule has 0 heterocycles. The molecular weight excluding hydrogens is 279 g/mol. The minimum Gasteiger partial charge on any atom is -0.463 e. The maximum Gasteiger partial charge on any atom is 0.353 e. The summed E-state index contributed by atoms with van der Waals surface area (Å²) in [7, 11) is 0. The van der Waals surface area contributed by atoms with Gasteiger partial charge in [0.15, 0.2) is 0 Å². The third kappa shape index (κ3) is 5.19. The second-order valence-corrected chi connectivity index (χ2v) is 6.48. The van der Waals surface area contributed by atoms with Gasteiger partial charge in [-0.05, 0) is 18.6 Å². The average molecular weight is 293 g/mol. The molecule has 5 heteroatoms. The van der Waals surface area contributed by atoms with Crippen LogP contribution in [0.5, 0.6) is 0 Å². The molecule has 0 aliphatic rings. The first-order valence-corrected chi connectivity index (χ1v) is 6.92. The summed E-state index contributed by atoms with van der Waals surface area (Å²) in [5.74, 6) is -0.608. The molecule has 0 amide bonds. The summed E-state index contributed by atoms with van der Waals surface area (Å²) in [5, 5.41) is 0. The lowest BCUT2D eigenvalue weighted by molar-refractivity contribution is -0.142. The highest BCUT2D eigenvalue weighted by Gasteiger charge is 2.36. The van der Waals surface area contributed by atoms with Crippen LogP contribution < -0.4 is 0 Å². The van der Waals surface area contributed by atoms with E-state index < -0.39 is 9.63 Å².